The molecule has 0 radical (unpaired) electrons. The summed E-state index contributed by atoms with van der Waals surface area (Å²) in [5.74, 6) is -0.123. The van der Waals surface area contributed by atoms with Crippen molar-refractivity contribution in [2.75, 3.05) is 6.61 Å². The van der Waals surface area contributed by atoms with Crippen molar-refractivity contribution in [2.24, 2.45) is 7.05 Å². The minimum absolute atomic E-state index is 0.00673. The van der Waals surface area contributed by atoms with Crippen molar-refractivity contribution >= 4 is 11.5 Å². The smallest absolute Gasteiger partial charge is 0.358 e. The Balaban J connectivity index is 2.00. The van der Waals surface area contributed by atoms with Crippen LogP contribution >= 0.6 is 0 Å². The Bertz CT molecular complexity index is 1520. The zero-order chi connectivity index (χ0) is 26.4. The maximum absolute atomic E-state index is 13.9. The number of rotatable bonds is 6. The zero-order valence-corrected chi connectivity index (χ0v) is 21.0. The van der Waals surface area contributed by atoms with Crippen LogP contribution in [0.4, 0.5) is 4.39 Å². The minimum Gasteiger partial charge on any atom is -0.461 e. The van der Waals surface area contributed by atoms with Crippen LogP contribution in [0.25, 0.3) is 16.8 Å². The molecule has 0 atom stereocenters. The molecule has 36 heavy (non-hydrogen) atoms. The topological polar surface area (TPSA) is 95.1 Å². The number of carbonyl (C=O) groups excluding carboxylic acids is 1. The minimum atomic E-state index is -1.17. The van der Waals surface area contributed by atoms with Gasteiger partial charge in [0.1, 0.15) is 22.8 Å². The van der Waals surface area contributed by atoms with Crippen LogP contribution in [-0.4, -0.2) is 31.9 Å². The van der Waals surface area contributed by atoms with Crippen molar-refractivity contribution in [2.45, 2.75) is 40.2 Å². The van der Waals surface area contributed by atoms with Gasteiger partial charge in [-0.25, -0.2) is 13.7 Å². The highest BCUT2D eigenvalue weighted by atomic mass is 19.1. The molecule has 4 aromatic rings. The highest BCUT2D eigenvalue weighted by molar-refractivity contribution is 5.89. The molecule has 0 bridgehead atoms. The fourth-order valence-corrected chi connectivity index (χ4v) is 4.05. The van der Waals surface area contributed by atoms with Crippen LogP contribution in [0.15, 0.2) is 47.4 Å². The van der Waals surface area contributed by atoms with E-state index in [2.05, 4.69) is 5.10 Å². The Hall–Kier alpha value is -3.98. The van der Waals surface area contributed by atoms with Gasteiger partial charge < -0.3 is 19.1 Å². The second kappa shape index (κ2) is 9.23. The van der Waals surface area contributed by atoms with E-state index in [1.807, 2.05) is 0 Å². The summed E-state index contributed by atoms with van der Waals surface area (Å²) in [7, 11) is 1.59. The molecule has 0 aliphatic rings. The number of hydrogen-bond acceptors (Lipinski definition) is 6. The maximum atomic E-state index is 13.9. The van der Waals surface area contributed by atoms with Gasteiger partial charge in [0.05, 0.1) is 17.9 Å². The summed E-state index contributed by atoms with van der Waals surface area (Å²) in [6.45, 7) is 8.66. The Kier molecular flexibility index (Phi) is 6.44. The molecule has 0 fully saturated rings. The quantitative estimate of drug-likeness (QED) is 0.393. The highest BCUT2D eigenvalue weighted by Gasteiger charge is 2.23. The van der Waals surface area contributed by atoms with Crippen molar-refractivity contribution in [1.29, 1.82) is 0 Å². The Labute approximate surface area is 207 Å². The summed E-state index contributed by atoms with van der Waals surface area (Å²) < 4.78 is 28.0. The summed E-state index contributed by atoms with van der Waals surface area (Å²) in [4.78, 5) is 25.2. The summed E-state index contributed by atoms with van der Waals surface area (Å²) in [5.41, 5.74) is 1.41. The Morgan fingerprint density at radius 1 is 1.14 bits per heavy atom. The molecule has 4 rings (SSSR count). The first kappa shape index (κ1) is 25.1. The second-order valence-electron chi connectivity index (χ2n) is 9.22. The number of hydrogen-bond donors (Lipinski definition) is 1. The summed E-state index contributed by atoms with van der Waals surface area (Å²) >= 11 is 0. The number of ether oxygens (including phenoxy) is 2. The molecule has 0 saturated carbocycles. The van der Waals surface area contributed by atoms with Crippen LogP contribution in [0.1, 0.15) is 48.0 Å². The summed E-state index contributed by atoms with van der Waals surface area (Å²) in [6, 6.07) is 9.34. The molecule has 0 spiro atoms. The molecular formula is C27H28FN3O5. The van der Waals surface area contributed by atoms with Crippen molar-refractivity contribution in [1.82, 2.24) is 14.2 Å². The third-order valence-electron chi connectivity index (χ3n) is 5.88. The van der Waals surface area contributed by atoms with Crippen LogP contribution in [-0.2, 0) is 17.4 Å². The van der Waals surface area contributed by atoms with E-state index < -0.39 is 11.6 Å². The molecule has 9 heteroatoms. The first-order valence-electron chi connectivity index (χ1n) is 11.5. The average Bonchev–Trinajstić information content (AvgIpc) is 3.24. The molecule has 188 valence electrons. The fraction of sp³-hybridized carbons (Fsp3) is 0.296. The molecule has 0 unspecified atom stereocenters. The lowest BCUT2D eigenvalue weighted by Gasteiger charge is -2.22. The third-order valence-corrected chi connectivity index (χ3v) is 5.88. The number of benzene rings is 2. The number of aromatic nitrogens is 3. The highest BCUT2D eigenvalue weighted by Crippen LogP contribution is 2.38. The number of nitrogens with zero attached hydrogens (tertiary/aromatic N) is 3. The van der Waals surface area contributed by atoms with E-state index >= 15 is 0 Å². The zero-order valence-electron chi connectivity index (χ0n) is 21.0. The number of halogens is 1. The summed E-state index contributed by atoms with van der Waals surface area (Å²) in [6.07, 6.45) is 1.58. The van der Waals surface area contributed by atoms with E-state index in [0.29, 0.717) is 39.4 Å². The van der Waals surface area contributed by atoms with Gasteiger partial charge in [0.25, 0.3) is 5.56 Å². The first-order chi connectivity index (χ1) is 16.9. The largest absolute Gasteiger partial charge is 0.461 e. The third kappa shape index (κ3) is 4.61. The van der Waals surface area contributed by atoms with Gasteiger partial charge in [0.15, 0.2) is 5.69 Å². The Morgan fingerprint density at radius 2 is 1.81 bits per heavy atom. The number of fused-ring (bicyclic) bond motifs is 1. The molecule has 8 nitrogen and oxygen atoms in total. The fourth-order valence-electron chi connectivity index (χ4n) is 4.05. The van der Waals surface area contributed by atoms with Gasteiger partial charge in [-0.3, -0.25) is 4.79 Å². The van der Waals surface area contributed by atoms with Crippen LogP contribution in [0.2, 0.25) is 0 Å². The molecule has 0 aliphatic carbocycles. The van der Waals surface area contributed by atoms with E-state index in [4.69, 9.17) is 9.47 Å². The van der Waals surface area contributed by atoms with Crippen LogP contribution in [0.5, 0.6) is 11.5 Å². The van der Waals surface area contributed by atoms with E-state index in [0.717, 1.165) is 0 Å². The summed E-state index contributed by atoms with van der Waals surface area (Å²) in [5, 5.41) is 15.0. The van der Waals surface area contributed by atoms with Gasteiger partial charge in [-0.1, -0.05) is 6.07 Å². The van der Waals surface area contributed by atoms with Gasteiger partial charge in [0.2, 0.25) is 0 Å². The number of aryl methyl sites for hydroxylation is 3. The molecule has 2 aromatic heterocycles. The SMILES string of the molecule is CCOC(=O)c1cc2c(=O)n(C)cc(-c3cc(C(C)(C)O)ccc3Oc3c(C)cc(F)cc3C)n2n1. The van der Waals surface area contributed by atoms with Gasteiger partial charge >= 0.3 is 5.97 Å². The van der Waals surface area contributed by atoms with Crippen LogP contribution < -0.4 is 10.3 Å². The lowest BCUT2D eigenvalue weighted by molar-refractivity contribution is 0.0519. The number of esters is 1. The van der Waals surface area contributed by atoms with Gasteiger partial charge in [-0.05, 0) is 75.6 Å². The van der Waals surface area contributed by atoms with E-state index in [1.54, 1.807) is 66.1 Å². The van der Waals surface area contributed by atoms with Gasteiger partial charge in [0, 0.05) is 24.9 Å². The molecule has 0 aliphatic heterocycles. The van der Waals surface area contributed by atoms with Gasteiger partial charge in [-0.2, -0.15) is 5.10 Å². The molecule has 1 N–H and O–H groups in total. The first-order valence-corrected chi connectivity index (χ1v) is 11.5. The second-order valence-corrected chi connectivity index (χ2v) is 9.22. The lowest BCUT2D eigenvalue weighted by atomic mass is 9.95. The van der Waals surface area contributed by atoms with E-state index in [1.165, 1.54) is 27.3 Å². The molecule has 0 saturated heterocycles. The number of aliphatic hydroxyl groups is 1. The van der Waals surface area contributed by atoms with Crippen molar-refractivity contribution < 1.29 is 23.8 Å². The predicted octanol–water partition coefficient (Wildman–Crippen LogP) is 4.65. The molecule has 2 aromatic carbocycles. The van der Waals surface area contributed by atoms with Crippen molar-refractivity contribution in [3.05, 3.63) is 81.2 Å². The predicted molar refractivity (Wildman–Crippen MR) is 133 cm³/mol. The Morgan fingerprint density at radius 3 is 2.42 bits per heavy atom. The van der Waals surface area contributed by atoms with Gasteiger partial charge in [-0.15, -0.1) is 0 Å². The van der Waals surface area contributed by atoms with Crippen LogP contribution in [0, 0.1) is 19.7 Å². The molecular weight excluding hydrogens is 465 g/mol. The standard InChI is InChI=1S/C27H28FN3O5/c1-7-35-26(33)20-13-21-25(32)30(6)14-22(31(21)29-20)19-12-17(27(4,5)34)8-9-23(19)36-24-15(2)10-18(28)11-16(24)3/h8-14,34H,7H2,1-6H3. The monoisotopic (exact) mass is 493 g/mol. The average molecular weight is 494 g/mol. The van der Waals surface area contributed by atoms with E-state index in [9.17, 15) is 19.1 Å². The van der Waals surface area contributed by atoms with E-state index in [-0.39, 0.29) is 29.2 Å². The molecule has 0 amide bonds. The normalized spacial score (nSPS) is 11.7. The van der Waals surface area contributed by atoms with Crippen LogP contribution in [0.3, 0.4) is 0 Å². The molecule has 2 heterocycles. The van der Waals surface area contributed by atoms with Crippen molar-refractivity contribution in [3.8, 4) is 22.8 Å². The lowest BCUT2D eigenvalue weighted by Crippen LogP contribution is -2.20. The van der Waals surface area contributed by atoms with Crippen molar-refractivity contribution in [3.63, 3.8) is 0 Å². The maximum Gasteiger partial charge on any atom is 0.358 e. The number of carbonyl (C=O) groups is 1.